The van der Waals surface area contributed by atoms with Gasteiger partial charge in [-0.25, -0.2) is 0 Å². The molecule has 0 aromatic carbocycles. The van der Waals surface area contributed by atoms with Crippen LogP contribution in [0, 0.1) is 11.3 Å². The van der Waals surface area contributed by atoms with E-state index in [1.165, 1.54) is 45.1 Å². The van der Waals surface area contributed by atoms with Gasteiger partial charge < -0.3 is 15.4 Å². The van der Waals surface area contributed by atoms with E-state index in [0.717, 1.165) is 18.0 Å². The van der Waals surface area contributed by atoms with Gasteiger partial charge >= 0.3 is 0 Å². The second-order valence-corrected chi connectivity index (χ2v) is 7.40. The molecular formula is C16H30N2O. The van der Waals surface area contributed by atoms with E-state index in [1.807, 2.05) is 7.11 Å². The first-order valence-electron chi connectivity index (χ1n) is 8.15. The minimum atomic E-state index is 0.297. The molecular weight excluding hydrogens is 236 g/mol. The summed E-state index contributed by atoms with van der Waals surface area (Å²) in [6.45, 7) is 5.93. The molecule has 1 saturated heterocycles. The Labute approximate surface area is 117 Å². The van der Waals surface area contributed by atoms with E-state index < -0.39 is 0 Å². The highest BCUT2D eigenvalue weighted by molar-refractivity contribution is 5.05. The molecule has 0 bridgehead atoms. The Balaban J connectivity index is 1.57. The maximum Gasteiger partial charge on any atom is 0.0652 e. The van der Waals surface area contributed by atoms with E-state index in [2.05, 4.69) is 24.5 Å². The number of methoxy groups -OCH3 is 1. The van der Waals surface area contributed by atoms with E-state index >= 15 is 0 Å². The molecule has 1 heterocycles. The Bertz CT molecular complexity index is 312. The lowest BCUT2D eigenvalue weighted by Gasteiger charge is -2.53. The fourth-order valence-electron chi connectivity index (χ4n) is 4.58. The van der Waals surface area contributed by atoms with Crippen molar-refractivity contribution >= 4 is 0 Å². The van der Waals surface area contributed by atoms with Gasteiger partial charge in [-0.15, -0.1) is 0 Å². The van der Waals surface area contributed by atoms with E-state index in [-0.39, 0.29) is 0 Å². The molecule has 0 aromatic rings. The lowest BCUT2D eigenvalue weighted by Crippen LogP contribution is -2.63. The van der Waals surface area contributed by atoms with Gasteiger partial charge in [0.25, 0.3) is 0 Å². The van der Waals surface area contributed by atoms with Crippen LogP contribution < -0.4 is 10.6 Å². The topological polar surface area (TPSA) is 33.3 Å². The number of ether oxygens (including phenoxy) is 1. The van der Waals surface area contributed by atoms with Crippen molar-refractivity contribution in [1.29, 1.82) is 0 Å². The summed E-state index contributed by atoms with van der Waals surface area (Å²) < 4.78 is 5.57. The van der Waals surface area contributed by atoms with Crippen LogP contribution >= 0.6 is 0 Å². The predicted molar refractivity (Wildman–Crippen MR) is 78.3 cm³/mol. The predicted octanol–water partition coefficient (Wildman–Crippen LogP) is 2.31. The number of hydrogen-bond donors (Lipinski definition) is 2. The van der Waals surface area contributed by atoms with E-state index in [1.54, 1.807) is 0 Å². The SMILES string of the molecule is COC1CC(NC2CCCC2C2CCCN2)C1(C)C. The summed E-state index contributed by atoms with van der Waals surface area (Å²) >= 11 is 0. The van der Waals surface area contributed by atoms with Crippen molar-refractivity contribution in [3.8, 4) is 0 Å². The van der Waals surface area contributed by atoms with Crippen molar-refractivity contribution in [2.75, 3.05) is 13.7 Å². The fourth-order valence-corrected chi connectivity index (χ4v) is 4.58. The smallest absolute Gasteiger partial charge is 0.0652 e. The highest BCUT2D eigenvalue weighted by Crippen LogP contribution is 2.44. The molecule has 2 saturated carbocycles. The lowest BCUT2D eigenvalue weighted by atomic mass is 9.64. The van der Waals surface area contributed by atoms with Crippen LogP contribution in [-0.4, -0.2) is 37.9 Å². The van der Waals surface area contributed by atoms with Crippen LogP contribution in [0.4, 0.5) is 0 Å². The highest BCUT2D eigenvalue weighted by atomic mass is 16.5. The van der Waals surface area contributed by atoms with Gasteiger partial charge in [0.05, 0.1) is 6.10 Å². The lowest BCUT2D eigenvalue weighted by molar-refractivity contribution is -0.101. The van der Waals surface area contributed by atoms with E-state index in [4.69, 9.17) is 4.74 Å². The molecule has 0 spiro atoms. The summed E-state index contributed by atoms with van der Waals surface area (Å²) in [5, 5.41) is 7.69. The molecule has 110 valence electrons. The minimum absolute atomic E-state index is 0.297. The van der Waals surface area contributed by atoms with Gasteiger partial charge in [-0.05, 0) is 44.6 Å². The first-order chi connectivity index (χ1) is 9.13. The van der Waals surface area contributed by atoms with E-state index in [9.17, 15) is 0 Å². The maximum absolute atomic E-state index is 5.57. The molecule has 3 aliphatic rings. The molecule has 1 aliphatic heterocycles. The Morgan fingerprint density at radius 2 is 2.00 bits per heavy atom. The second-order valence-electron chi connectivity index (χ2n) is 7.40. The Morgan fingerprint density at radius 3 is 2.63 bits per heavy atom. The average Bonchev–Trinajstić information content (AvgIpc) is 3.03. The molecule has 19 heavy (non-hydrogen) atoms. The Morgan fingerprint density at radius 1 is 1.16 bits per heavy atom. The second kappa shape index (κ2) is 5.34. The number of nitrogens with one attached hydrogen (secondary N) is 2. The van der Waals surface area contributed by atoms with Gasteiger partial charge in [-0.2, -0.15) is 0 Å². The fraction of sp³-hybridized carbons (Fsp3) is 1.00. The molecule has 3 nitrogen and oxygen atoms in total. The van der Waals surface area contributed by atoms with Crippen molar-refractivity contribution < 1.29 is 4.74 Å². The Kier molecular flexibility index (Phi) is 3.89. The van der Waals surface area contributed by atoms with Crippen LogP contribution in [0.3, 0.4) is 0 Å². The zero-order chi connectivity index (χ0) is 13.5. The maximum atomic E-state index is 5.57. The van der Waals surface area contributed by atoms with Crippen LogP contribution in [0.2, 0.25) is 0 Å². The minimum Gasteiger partial charge on any atom is -0.381 e. The van der Waals surface area contributed by atoms with Crippen LogP contribution in [0.25, 0.3) is 0 Å². The van der Waals surface area contributed by atoms with Crippen molar-refractivity contribution in [3.05, 3.63) is 0 Å². The molecule has 5 atom stereocenters. The standard InChI is InChI=1S/C16H30N2O/c1-16(2)14(10-15(16)19-3)18-13-7-4-6-11(13)12-8-5-9-17-12/h11-15,17-18H,4-10H2,1-3H3. The first-order valence-corrected chi connectivity index (χ1v) is 8.15. The van der Waals surface area contributed by atoms with Gasteiger partial charge in [0.2, 0.25) is 0 Å². The van der Waals surface area contributed by atoms with Gasteiger partial charge in [-0.3, -0.25) is 0 Å². The number of hydrogen-bond acceptors (Lipinski definition) is 3. The van der Waals surface area contributed by atoms with Crippen LogP contribution in [-0.2, 0) is 4.74 Å². The summed E-state index contributed by atoms with van der Waals surface area (Å²) in [5.74, 6) is 0.861. The van der Waals surface area contributed by atoms with Crippen molar-refractivity contribution in [3.63, 3.8) is 0 Å². The third-order valence-electron chi connectivity index (χ3n) is 6.06. The van der Waals surface area contributed by atoms with Crippen LogP contribution in [0.1, 0.15) is 52.4 Å². The summed E-state index contributed by atoms with van der Waals surface area (Å²) in [4.78, 5) is 0. The van der Waals surface area contributed by atoms with Gasteiger partial charge in [-0.1, -0.05) is 20.3 Å². The molecule has 0 radical (unpaired) electrons. The monoisotopic (exact) mass is 266 g/mol. The van der Waals surface area contributed by atoms with Gasteiger partial charge in [0, 0.05) is 30.7 Å². The zero-order valence-corrected chi connectivity index (χ0v) is 12.7. The molecule has 5 unspecified atom stereocenters. The molecule has 3 rings (SSSR count). The largest absolute Gasteiger partial charge is 0.381 e. The van der Waals surface area contributed by atoms with Crippen LogP contribution in [0.5, 0.6) is 0 Å². The molecule has 0 amide bonds. The zero-order valence-electron chi connectivity index (χ0n) is 12.7. The summed E-state index contributed by atoms with van der Waals surface area (Å²) in [6.07, 6.45) is 8.57. The molecule has 2 N–H and O–H groups in total. The molecule has 3 heteroatoms. The Hall–Kier alpha value is -0.120. The van der Waals surface area contributed by atoms with Crippen molar-refractivity contribution in [2.45, 2.75) is 76.6 Å². The average molecular weight is 266 g/mol. The summed E-state index contributed by atoms with van der Waals surface area (Å²) in [6, 6.07) is 2.16. The summed E-state index contributed by atoms with van der Waals surface area (Å²) in [7, 11) is 1.85. The normalized spacial score (nSPS) is 45.3. The van der Waals surface area contributed by atoms with Crippen molar-refractivity contribution in [1.82, 2.24) is 10.6 Å². The molecule has 0 aromatic heterocycles. The van der Waals surface area contributed by atoms with E-state index in [0.29, 0.717) is 17.6 Å². The molecule has 3 fully saturated rings. The van der Waals surface area contributed by atoms with Gasteiger partial charge in [0.15, 0.2) is 0 Å². The number of rotatable bonds is 4. The van der Waals surface area contributed by atoms with Crippen molar-refractivity contribution in [2.24, 2.45) is 11.3 Å². The third-order valence-corrected chi connectivity index (χ3v) is 6.06. The van der Waals surface area contributed by atoms with Crippen LogP contribution in [0.15, 0.2) is 0 Å². The third kappa shape index (κ3) is 2.45. The molecule has 2 aliphatic carbocycles. The highest BCUT2D eigenvalue weighted by Gasteiger charge is 2.50. The van der Waals surface area contributed by atoms with Gasteiger partial charge in [0.1, 0.15) is 0 Å². The quantitative estimate of drug-likeness (QED) is 0.819. The summed E-state index contributed by atoms with van der Waals surface area (Å²) in [5.41, 5.74) is 0.297. The first kappa shape index (κ1) is 13.8.